The van der Waals surface area contributed by atoms with Crippen LogP contribution in [-0.4, -0.2) is 19.3 Å². The van der Waals surface area contributed by atoms with E-state index in [0.29, 0.717) is 18.8 Å². The molecule has 0 heterocycles. The molecule has 0 amide bonds. The molecule has 16 heavy (non-hydrogen) atoms. The topological polar surface area (TPSA) is 68.3 Å². The van der Waals surface area contributed by atoms with E-state index in [0.717, 1.165) is 5.75 Å². The highest BCUT2D eigenvalue weighted by Crippen LogP contribution is 2.19. The van der Waals surface area contributed by atoms with E-state index in [9.17, 15) is 0 Å². The van der Waals surface area contributed by atoms with Crippen LogP contribution in [-0.2, 0) is 0 Å². The summed E-state index contributed by atoms with van der Waals surface area (Å²) in [6.07, 6.45) is 0.487. The van der Waals surface area contributed by atoms with Crippen LogP contribution in [0.2, 0.25) is 0 Å². The number of nitrogens with two attached hydrogens (primary N) is 1. The van der Waals surface area contributed by atoms with Gasteiger partial charge in [-0.1, -0.05) is 6.07 Å². The predicted molar refractivity (Wildman–Crippen MR) is 61.3 cm³/mol. The third-order valence-corrected chi connectivity index (χ3v) is 2.19. The summed E-state index contributed by atoms with van der Waals surface area (Å²) >= 11 is 0. The maximum Gasteiger partial charge on any atom is 0.122 e. The van der Waals surface area contributed by atoms with Gasteiger partial charge < -0.3 is 15.2 Å². The van der Waals surface area contributed by atoms with Gasteiger partial charge in [0, 0.05) is 12.5 Å². The van der Waals surface area contributed by atoms with Crippen LogP contribution >= 0.6 is 0 Å². The first-order valence-corrected chi connectivity index (χ1v) is 5.04. The Balaban J connectivity index is 2.46. The first-order valence-electron chi connectivity index (χ1n) is 5.04. The van der Waals surface area contributed by atoms with Gasteiger partial charge >= 0.3 is 0 Å². The molecule has 86 valence electrons. The Morgan fingerprint density at radius 1 is 1.44 bits per heavy atom. The molecule has 0 radical (unpaired) electrons. The lowest BCUT2D eigenvalue weighted by Crippen LogP contribution is -2.35. The van der Waals surface area contributed by atoms with Crippen molar-refractivity contribution in [3.05, 3.63) is 24.3 Å². The van der Waals surface area contributed by atoms with Gasteiger partial charge in [-0.3, -0.25) is 0 Å². The molecule has 1 unspecified atom stereocenters. The zero-order valence-electron chi connectivity index (χ0n) is 9.56. The van der Waals surface area contributed by atoms with Crippen molar-refractivity contribution in [3.8, 4) is 17.6 Å². The zero-order valence-corrected chi connectivity index (χ0v) is 9.56. The second kappa shape index (κ2) is 5.38. The maximum absolute atomic E-state index is 8.72. The quantitative estimate of drug-likeness (QED) is 0.820. The van der Waals surface area contributed by atoms with E-state index >= 15 is 0 Å². The van der Waals surface area contributed by atoms with Gasteiger partial charge in [-0.05, 0) is 19.1 Å². The highest BCUT2D eigenvalue weighted by atomic mass is 16.5. The Morgan fingerprint density at radius 3 is 2.75 bits per heavy atom. The van der Waals surface area contributed by atoms with Gasteiger partial charge in [0.1, 0.15) is 17.0 Å². The minimum Gasteiger partial charge on any atom is -0.497 e. The fraction of sp³-hybridized carbons (Fsp3) is 0.417. The number of hydrogen-bond acceptors (Lipinski definition) is 4. The van der Waals surface area contributed by atoms with Crippen LogP contribution in [0.1, 0.15) is 13.3 Å². The van der Waals surface area contributed by atoms with Crippen LogP contribution in [0.5, 0.6) is 11.5 Å². The van der Waals surface area contributed by atoms with E-state index < -0.39 is 5.54 Å². The van der Waals surface area contributed by atoms with Crippen LogP contribution in [0.4, 0.5) is 0 Å². The van der Waals surface area contributed by atoms with Crippen molar-refractivity contribution >= 4 is 0 Å². The molecule has 0 aliphatic carbocycles. The van der Waals surface area contributed by atoms with Crippen LogP contribution in [0.15, 0.2) is 24.3 Å². The summed E-state index contributed by atoms with van der Waals surface area (Å²) in [5, 5.41) is 8.72. The van der Waals surface area contributed by atoms with Gasteiger partial charge in [-0.15, -0.1) is 0 Å². The highest BCUT2D eigenvalue weighted by molar-refractivity contribution is 5.32. The summed E-state index contributed by atoms with van der Waals surface area (Å²) in [6, 6.07) is 9.34. The Kier molecular flexibility index (Phi) is 4.15. The highest BCUT2D eigenvalue weighted by Gasteiger charge is 2.16. The molecule has 1 aromatic carbocycles. The van der Waals surface area contributed by atoms with Gasteiger partial charge in [0.2, 0.25) is 0 Å². The standard InChI is InChI=1S/C12H16N2O2/c1-12(14,9-13)6-7-16-11-5-3-4-10(8-11)15-2/h3-5,8H,6-7,14H2,1-2H3. The van der Waals surface area contributed by atoms with Crippen LogP contribution in [0.25, 0.3) is 0 Å². The fourth-order valence-electron chi connectivity index (χ4n) is 1.13. The van der Waals surface area contributed by atoms with Crippen molar-refractivity contribution in [1.82, 2.24) is 0 Å². The smallest absolute Gasteiger partial charge is 0.122 e. The van der Waals surface area contributed by atoms with E-state index in [2.05, 4.69) is 0 Å². The van der Waals surface area contributed by atoms with Gasteiger partial charge in [0.25, 0.3) is 0 Å². The summed E-state index contributed by atoms with van der Waals surface area (Å²) in [5.74, 6) is 1.46. The molecule has 0 bridgehead atoms. The number of benzene rings is 1. The van der Waals surface area contributed by atoms with Crippen LogP contribution in [0, 0.1) is 11.3 Å². The van der Waals surface area contributed by atoms with Crippen molar-refractivity contribution in [1.29, 1.82) is 5.26 Å². The molecular formula is C12H16N2O2. The van der Waals surface area contributed by atoms with E-state index in [1.165, 1.54) is 0 Å². The molecule has 0 aliphatic rings. The van der Waals surface area contributed by atoms with Gasteiger partial charge in [0.05, 0.1) is 19.8 Å². The molecule has 2 N–H and O–H groups in total. The Bertz CT molecular complexity index is 383. The molecule has 0 fully saturated rings. The number of ether oxygens (including phenoxy) is 2. The fourth-order valence-corrected chi connectivity index (χ4v) is 1.13. The third-order valence-electron chi connectivity index (χ3n) is 2.19. The third kappa shape index (κ3) is 3.79. The lowest BCUT2D eigenvalue weighted by molar-refractivity contribution is 0.284. The van der Waals surface area contributed by atoms with E-state index in [1.807, 2.05) is 24.3 Å². The zero-order chi connectivity index (χ0) is 12.0. The Hall–Kier alpha value is -1.73. The summed E-state index contributed by atoms with van der Waals surface area (Å²) < 4.78 is 10.5. The molecule has 0 aliphatic heterocycles. The van der Waals surface area contributed by atoms with Crippen LogP contribution < -0.4 is 15.2 Å². The van der Waals surface area contributed by atoms with Crippen LogP contribution in [0.3, 0.4) is 0 Å². The van der Waals surface area contributed by atoms with Crippen molar-refractivity contribution in [2.75, 3.05) is 13.7 Å². The van der Waals surface area contributed by atoms with Gasteiger partial charge in [-0.2, -0.15) is 5.26 Å². The first-order chi connectivity index (χ1) is 7.57. The SMILES string of the molecule is COc1cccc(OCCC(C)(N)C#N)c1. The molecule has 4 heteroatoms. The second-order valence-electron chi connectivity index (χ2n) is 3.81. The maximum atomic E-state index is 8.72. The average Bonchev–Trinajstić information content (AvgIpc) is 2.29. The van der Waals surface area contributed by atoms with Crippen molar-refractivity contribution in [3.63, 3.8) is 0 Å². The molecule has 0 aromatic heterocycles. The molecule has 0 spiro atoms. The molecular weight excluding hydrogens is 204 g/mol. The lowest BCUT2D eigenvalue weighted by Gasteiger charge is -2.15. The normalized spacial score (nSPS) is 13.6. The molecule has 1 rings (SSSR count). The van der Waals surface area contributed by atoms with Crippen molar-refractivity contribution in [2.24, 2.45) is 5.73 Å². The molecule has 1 aromatic rings. The Morgan fingerprint density at radius 2 is 2.12 bits per heavy atom. The Labute approximate surface area is 95.6 Å². The van der Waals surface area contributed by atoms with Gasteiger partial charge in [0.15, 0.2) is 0 Å². The number of rotatable bonds is 5. The minimum atomic E-state index is -0.834. The second-order valence-corrected chi connectivity index (χ2v) is 3.81. The number of methoxy groups -OCH3 is 1. The van der Waals surface area contributed by atoms with Crippen molar-refractivity contribution < 1.29 is 9.47 Å². The average molecular weight is 220 g/mol. The summed E-state index contributed by atoms with van der Waals surface area (Å²) in [6.45, 7) is 2.09. The summed E-state index contributed by atoms with van der Waals surface area (Å²) in [7, 11) is 1.60. The molecule has 4 nitrogen and oxygen atoms in total. The first kappa shape index (κ1) is 12.3. The summed E-state index contributed by atoms with van der Waals surface area (Å²) in [4.78, 5) is 0. The van der Waals surface area contributed by atoms with E-state index in [4.69, 9.17) is 20.5 Å². The van der Waals surface area contributed by atoms with E-state index in [1.54, 1.807) is 20.1 Å². The molecule has 0 saturated heterocycles. The molecule has 1 atom stereocenters. The monoisotopic (exact) mass is 220 g/mol. The largest absolute Gasteiger partial charge is 0.497 e. The molecule has 0 saturated carbocycles. The van der Waals surface area contributed by atoms with Gasteiger partial charge in [-0.25, -0.2) is 0 Å². The summed E-state index contributed by atoms with van der Waals surface area (Å²) in [5.41, 5.74) is 4.84. The van der Waals surface area contributed by atoms with E-state index in [-0.39, 0.29) is 0 Å². The number of nitrogens with zero attached hydrogens (tertiary/aromatic N) is 1. The number of nitriles is 1. The van der Waals surface area contributed by atoms with Crippen molar-refractivity contribution in [2.45, 2.75) is 18.9 Å². The minimum absolute atomic E-state index is 0.410. The predicted octanol–water partition coefficient (Wildman–Crippen LogP) is 1.71. The number of hydrogen-bond donors (Lipinski definition) is 1. The lowest BCUT2D eigenvalue weighted by atomic mass is 10.0.